The van der Waals surface area contributed by atoms with E-state index in [1.54, 1.807) is 57.4 Å². The number of carbonyl (C=O) groups is 1. The Morgan fingerprint density at radius 1 is 1.09 bits per heavy atom. The monoisotopic (exact) mass is 443 g/mol. The van der Waals surface area contributed by atoms with Crippen LogP contribution in [0.4, 0.5) is 24.5 Å². The summed E-state index contributed by atoms with van der Waals surface area (Å²) in [6.07, 6.45) is -1.23. The Morgan fingerprint density at radius 2 is 1.78 bits per heavy atom. The van der Waals surface area contributed by atoms with E-state index in [9.17, 15) is 18.0 Å². The van der Waals surface area contributed by atoms with Crippen molar-refractivity contribution in [3.05, 3.63) is 82.7 Å². The van der Waals surface area contributed by atoms with E-state index in [0.717, 1.165) is 11.6 Å². The van der Waals surface area contributed by atoms with Gasteiger partial charge < -0.3 is 15.0 Å². The van der Waals surface area contributed by atoms with E-state index < -0.39 is 17.6 Å². The van der Waals surface area contributed by atoms with Gasteiger partial charge in [0.1, 0.15) is 12.4 Å². The molecule has 1 heterocycles. The maximum Gasteiger partial charge on any atom is 0.418 e. The van der Waals surface area contributed by atoms with Crippen molar-refractivity contribution in [3.63, 3.8) is 0 Å². The number of benzene rings is 2. The van der Waals surface area contributed by atoms with E-state index in [4.69, 9.17) is 4.74 Å². The van der Waals surface area contributed by atoms with Gasteiger partial charge in [-0.2, -0.15) is 13.2 Å². The van der Waals surface area contributed by atoms with Crippen LogP contribution in [-0.2, 0) is 12.8 Å². The Hall–Kier alpha value is -3.55. The quantitative estimate of drug-likeness (QED) is 0.538. The zero-order chi connectivity index (χ0) is 23.5. The first-order valence-corrected chi connectivity index (χ1v) is 9.89. The highest BCUT2D eigenvalue weighted by Crippen LogP contribution is 2.37. The molecule has 1 N–H and O–H groups in total. The van der Waals surface area contributed by atoms with Crippen LogP contribution in [0.25, 0.3) is 0 Å². The van der Waals surface area contributed by atoms with Crippen molar-refractivity contribution in [2.24, 2.45) is 0 Å². The number of aromatic nitrogens is 1. The second-order valence-corrected chi connectivity index (χ2v) is 7.67. The molecule has 32 heavy (non-hydrogen) atoms. The lowest BCUT2D eigenvalue weighted by atomic mass is 10.0. The first-order chi connectivity index (χ1) is 15.1. The van der Waals surface area contributed by atoms with Crippen LogP contribution >= 0.6 is 0 Å². The number of pyridine rings is 1. The molecule has 8 heteroatoms. The van der Waals surface area contributed by atoms with Crippen LogP contribution < -0.4 is 15.0 Å². The molecule has 3 aromatic rings. The number of amides is 1. The van der Waals surface area contributed by atoms with Crippen molar-refractivity contribution in [1.29, 1.82) is 0 Å². The third-order valence-electron chi connectivity index (χ3n) is 4.90. The maximum atomic E-state index is 13.6. The number of hydrogen-bond donors (Lipinski definition) is 1. The lowest BCUT2D eigenvalue weighted by Crippen LogP contribution is -2.18. The Labute approximate surface area is 184 Å². The summed E-state index contributed by atoms with van der Waals surface area (Å²) in [5.74, 6) is -0.00479. The third kappa shape index (κ3) is 5.38. The summed E-state index contributed by atoms with van der Waals surface area (Å²) >= 11 is 0. The van der Waals surface area contributed by atoms with Crippen LogP contribution in [0.2, 0.25) is 0 Å². The van der Waals surface area contributed by atoms with Gasteiger partial charge in [0.25, 0.3) is 5.91 Å². The lowest BCUT2D eigenvalue weighted by molar-refractivity contribution is -0.136. The highest BCUT2D eigenvalue weighted by atomic mass is 19.4. The Kier molecular flexibility index (Phi) is 6.72. The number of carbonyl (C=O) groups excluding carboxylic acids is 1. The fourth-order valence-corrected chi connectivity index (χ4v) is 3.30. The molecule has 0 unspecified atom stereocenters. The summed E-state index contributed by atoms with van der Waals surface area (Å²) in [6.45, 7) is 3.89. The molecule has 0 aliphatic rings. The number of nitrogens with one attached hydrogen (secondary N) is 1. The zero-order valence-corrected chi connectivity index (χ0v) is 18.2. The van der Waals surface area contributed by atoms with Gasteiger partial charge in [-0.25, -0.2) is 0 Å². The van der Waals surface area contributed by atoms with Gasteiger partial charge in [0.2, 0.25) is 0 Å². The van der Waals surface area contributed by atoms with Crippen LogP contribution in [0.15, 0.2) is 54.9 Å². The molecule has 0 saturated carbocycles. The standard InChI is InChI=1S/C24H24F3N3O2/c1-15-10-18(11-16(2)22(15)32-14-17-6-5-9-28-13-17)23(31)29-21-8-7-19(30(3)4)12-20(21)24(25,26)27/h5-13H,14H2,1-4H3,(H,29,31). The smallest absolute Gasteiger partial charge is 0.418 e. The average Bonchev–Trinajstić information content (AvgIpc) is 2.73. The number of anilines is 2. The largest absolute Gasteiger partial charge is 0.488 e. The van der Waals surface area contributed by atoms with E-state index >= 15 is 0 Å². The van der Waals surface area contributed by atoms with Gasteiger partial charge >= 0.3 is 6.18 Å². The second kappa shape index (κ2) is 9.30. The van der Waals surface area contributed by atoms with Gasteiger partial charge in [0.05, 0.1) is 11.3 Å². The summed E-state index contributed by atoms with van der Waals surface area (Å²) in [4.78, 5) is 18.4. The van der Waals surface area contributed by atoms with Gasteiger partial charge in [-0.1, -0.05) is 6.07 Å². The highest BCUT2D eigenvalue weighted by Gasteiger charge is 2.34. The predicted octanol–water partition coefficient (Wildman–Crippen LogP) is 5.61. The van der Waals surface area contributed by atoms with Crippen molar-refractivity contribution in [3.8, 4) is 5.75 Å². The number of halogens is 3. The average molecular weight is 443 g/mol. The van der Waals surface area contributed by atoms with E-state index in [1.807, 2.05) is 12.1 Å². The molecule has 1 amide bonds. The third-order valence-corrected chi connectivity index (χ3v) is 4.90. The number of aryl methyl sites for hydroxylation is 2. The number of hydrogen-bond acceptors (Lipinski definition) is 4. The Bertz CT molecular complexity index is 1090. The number of rotatable bonds is 6. The minimum Gasteiger partial charge on any atom is -0.488 e. The van der Waals surface area contributed by atoms with Gasteiger partial charge in [-0.05, 0) is 61.4 Å². The van der Waals surface area contributed by atoms with Crippen molar-refractivity contribution in [2.45, 2.75) is 26.6 Å². The van der Waals surface area contributed by atoms with Crippen LogP contribution in [0.3, 0.4) is 0 Å². The molecular weight excluding hydrogens is 419 g/mol. The van der Waals surface area contributed by atoms with E-state index in [1.165, 1.54) is 12.1 Å². The van der Waals surface area contributed by atoms with Crippen LogP contribution in [0, 0.1) is 13.8 Å². The van der Waals surface area contributed by atoms with Crippen molar-refractivity contribution < 1.29 is 22.7 Å². The second-order valence-electron chi connectivity index (χ2n) is 7.67. The molecule has 0 fully saturated rings. The van der Waals surface area contributed by atoms with Crippen molar-refractivity contribution in [2.75, 3.05) is 24.3 Å². The number of nitrogens with zero attached hydrogens (tertiary/aromatic N) is 2. The number of ether oxygens (including phenoxy) is 1. The first kappa shape index (κ1) is 23.1. The van der Waals surface area contributed by atoms with E-state index in [-0.39, 0.29) is 11.3 Å². The van der Waals surface area contributed by atoms with E-state index in [0.29, 0.717) is 29.2 Å². The molecule has 0 aliphatic carbocycles. The molecule has 0 bridgehead atoms. The Balaban J connectivity index is 1.83. The molecule has 2 aromatic carbocycles. The Morgan fingerprint density at radius 3 is 2.34 bits per heavy atom. The maximum absolute atomic E-state index is 13.6. The molecule has 0 aliphatic heterocycles. The predicted molar refractivity (Wildman–Crippen MR) is 118 cm³/mol. The molecule has 0 saturated heterocycles. The van der Waals surface area contributed by atoms with Gasteiger partial charge in [0, 0.05) is 43.3 Å². The fraction of sp³-hybridized carbons (Fsp3) is 0.250. The summed E-state index contributed by atoms with van der Waals surface area (Å²) in [6, 6.07) is 10.7. The molecule has 0 atom stereocenters. The van der Waals surface area contributed by atoms with Crippen LogP contribution in [-0.4, -0.2) is 25.0 Å². The molecule has 1 aromatic heterocycles. The van der Waals surface area contributed by atoms with E-state index in [2.05, 4.69) is 10.3 Å². The van der Waals surface area contributed by atoms with Gasteiger partial charge in [-0.15, -0.1) is 0 Å². The first-order valence-electron chi connectivity index (χ1n) is 9.89. The summed E-state index contributed by atoms with van der Waals surface area (Å²) in [5, 5.41) is 2.40. The summed E-state index contributed by atoms with van der Waals surface area (Å²) < 4.78 is 46.6. The molecule has 0 radical (unpaired) electrons. The SMILES string of the molecule is Cc1cc(C(=O)Nc2ccc(N(C)C)cc2C(F)(F)F)cc(C)c1OCc1cccnc1. The molecule has 3 rings (SSSR count). The van der Waals surface area contributed by atoms with Crippen LogP contribution in [0.5, 0.6) is 5.75 Å². The fourth-order valence-electron chi connectivity index (χ4n) is 3.30. The lowest BCUT2D eigenvalue weighted by Gasteiger charge is -2.19. The minimum atomic E-state index is -4.61. The normalized spacial score (nSPS) is 11.2. The summed E-state index contributed by atoms with van der Waals surface area (Å²) in [7, 11) is 3.30. The number of alkyl halides is 3. The van der Waals surface area contributed by atoms with Gasteiger partial charge in [0.15, 0.2) is 0 Å². The topological polar surface area (TPSA) is 54.5 Å². The van der Waals surface area contributed by atoms with Crippen LogP contribution in [0.1, 0.15) is 32.6 Å². The minimum absolute atomic E-state index is 0.249. The van der Waals surface area contributed by atoms with Crippen molar-refractivity contribution in [1.82, 2.24) is 4.98 Å². The van der Waals surface area contributed by atoms with Gasteiger partial charge in [-0.3, -0.25) is 9.78 Å². The zero-order valence-electron chi connectivity index (χ0n) is 18.2. The molecule has 168 valence electrons. The summed E-state index contributed by atoms with van der Waals surface area (Å²) in [5.41, 5.74) is 1.75. The molecule has 5 nitrogen and oxygen atoms in total. The molecular formula is C24H24F3N3O2. The highest BCUT2D eigenvalue weighted by molar-refractivity contribution is 6.05. The van der Waals surface area contributed by atoms with Crippen molar-refractivity contribution >= 4 is 17.3 Å². The molecule has 0 spiro atoms.